The van der Waals surface area contributed by atoms with Crippen LogP contribution in [0.15, 0.2) is 6.20 Å². The van der Waals surface area contributed by atoms with Crippen molar-refractivity contribution in [1.29, 1.82) is 0 Å². The molecule has 1 N–H and O–H groups in total. The Morgan fingerprint density at radius 1 is 1.53 bits per heavy atom. The molecule has 0 spiro atoms. The van der Waals surface area contributed by atoms with Gasteiger partial charge in [0.05, 0.1) is 12.3 Å². The summed E-state index contributed by atoms with van der Waals surface area (Å²) in [7, 11) is 1.86. The first kappa shape index (κ1) is 12.1. The topological polar surface area (TPSA) is 52.0 Å². The predicted octanol–water partition coefficient (Wildman–Crippen LogP) is 0.577. The first-order valence-electron chi connectivity index (χ1n) is 5.32. The number of hydrogen-bond donors (Lipinski definition) is 1. The lowest BCUT2D eigenvalue weighted by molar-refractivity contribution is 0.111. The monoisotopic (exact) mass is 212 g/mol. The molecule has 0 saturated heterocycles. The molecule has 0 aliphatic rings. The third kappa shape index (κ3) is 5.49. The molecular weight excluding hydrogens is 192 g/mol. The van der Waals surface area contributed by atoms with Gasteiger partial charge in [0.25, 0.3) is 0 Å². The maximum Gasteiger partial charge on any atom is 0.0964 e. The Labute approximate surface area is 90.8 Å². The van der Waals surface area contributed by atoms with Gasteiger partial charge < -0.3 is 10.1 Å². The van der Waals surface area contributed by atoms with Crippen molar-refractivity contribution in [2.75, 3.05) is 19.8 Å². The maximum absolute atomic E-state index is 5.43. The van der Waals surface area contributed by atoms with Gasteiger partial charge in [-0.25, -0.2) is 0 Å². The lowest BCUT2D eigenvalue weighted by Crippen LogP contribution is -2.20. The molecule has 1 rings (SSSR count). The van der Waals surface area contributed by atoms with Gasteiger partial charge >= 0.3 is 0 Å². The Morgan fingerprint density at radius 2 is 2.33 bits per heavy atom. The highest BCUT2D eigenvalue weighted by atomic mass is 16.5. The van der Waals surface area contributed by atoms with Gasteiger partial charge in [-0.3, -0.25) is 4.68 Å². The number of nitrogens with one attached hydrogen (secondary N) is 1. The number of hydrogen-bond acceptors (Lipinski definition) is 4. The van der Waals surface area contributed by atoms with Crippen LogP contribution in [0.25, 0.3) is 0 Å². The lowest BCUT2D eigenvalue weighted by atomic mass is 10.2. The van der Waals surface area contributed by atoms with Gasteiger partial charge in [-0.1, -0.05) is 19.1 Å². The van der Waals surface area contributed by atoms with Gasteiger partial charge in [0, 0.05) is 32.9 Å². The van der Waals surface area contributed by atoms with Gasteiger partial charge in [0.2, 0.25) is 0 Å². The first-order valence-corrected chi connectivity index (χ1v) is 5.32. The maximum atomic E-state index is 5.43. The van der Waals surface area contributed by atoms with Crippen molar-refractivity contribution in [2.24, 2.45) is 13.0 Å². The van der Waals surface area contributed by atoms with Crippen LogP contribution in [0.1, 0.15) is 19.5 Å². The zero-order valence-corrected chi connectivity index (χ0v) is 9.73. The molecule has 0 saturated carbocycles. The summed E-state index contributed by atoms with van der Waals surface area (Å²) in [6.07, 6.45) is 1.90. The Bertz CT molecular complexity index is 272. The van der Waals surface area contributed by atoms with Crippen molar-refractivity contribution in [3.05, 3.63) is 11.9 Å². The van der Waals surface area contributed by atoms with Crippen LogP contribution in [-0.2, 0) is 18.3 Å². The number of aryl methyl sites for hydroxylation is 1. The van der Waals surface area contributed by atoms with Crippen molar-refractivity contribution in [2.45, 2.75) is 20.4 Å². The van der Waals surface area contributed by atoms with Crippen LogP contribution in [-0.4, -0.2) is 34.8 Å². The fourth-order valence-corrected chi connectivity index (χ4v) is 1.16. The largest absolute Gasteiger partial charge is 0.380 e. The first-order chi connectivity index (χ1) is 7.18. The SMILES string of the molecule is CC(C)COCCNCc1cn(C)nn1. The van der Waals surface area contributed by atoms with Crippen LogP contribution < -0.4 is 5.32 Å². The summed E-state index contributed by atoms with van der Waals surface area (Å²) in [5.41, 5.74) is 0.960. The molecule has 15 heavy (non-hydrogen) atoms. The van der Waals surface area contributed by atoms with Crippen LogP contribution in [0.3, 0.4) is 0 Å². The molecule has 0 radical (unpaired) electrons. The molecule has 0 fully saturated rings. The van der Waals surface area contributed by atoms with Gasteiger partial charge in [0.1, 0.15) is 0 Å². The highest BCUT2D eigenvalue weighted by Gasteiger charge is 1.97. The second kappa shape index (κ2) is 6.53. The normalized spacial score (nSPS) is 11.2. The zero-order chi connectivity index (χ0) is 11.1. The molecule has 86 valence electrons. The third-order valence-corrected chi connectivity index (χ3v) is 1.83. The van der Waals surface area contributed by atoms with Crippen LogP contribution >= 0.6 is 0 Å². The standard InChI is InChI=1S/C10H20N4O/c1-9(2)8-15-5-4-11-6-10-7-14(3)13-12-10/h7,9,11H,4-6,8H2,1-3H3. The predicted molar refractivity (Wildman–Crippen MR) is 58.4 cm³/mol. The zero-order valence-electron chi connectivity index (χ0n) is 9.73. The van der Waals surface area contributed by atoms with E-state index in [-0.39, 0.29) is 0 Å². The van der Waals surface area contributed by atoms with E-state index >= 15 is 0 Å². The molecule has 5 nitrogen and oxygen atoms in total. The molecule has 0 bridgehead atoms. The molecule has 5 heteroatoms. The number of ether oxygens (including phenoxy) is 1. The van der Waals surface area contributed by atoms with E-state index < -0.39 is 0 Å². The van der Waals surface area contributed by atoms with Crippen LogP contribution in [0.5, 0.6) is 0 Å². The van der Waals surface area contributed by atoms with Crippen LogP contribution in [0.4, 0.5) is 0 Å². The Hall–Kier alpha value is -0.940. The van der Waals surface area contributed by atoms with E-state index in [1.165, 1.54) is 0 Å². The molecule has 1 heterocycles. The molecule has 0 amide bonds. The fourth-order valence-electron chi connectivity index (χ4n) is 1.16. The Kier molecular flexibility index (Phi) is 5.28. The third-order valence-electron chi connectivity index (χ3n) is 1.83. The minimum atomic E-state index is 0.602. The van der Waals surface area contributed by atoms with Crippen molar-refractivity contribution < 1.29 is 4.74 Å². The fraction of sp³-hybridized carbons (Fsp3) is 0.800. The smallest absolute Gasteiger partial charge is 0.0964 e. The summed E-state index contributed by atoms with van der Waals surface area (Å²) in [5.74, 6) is 0.602. The van der Waals surface area contributed by atoms with Gasteiger partial charge in [-0.15, -0.1) is 5.10 Å². The van der Waals surface area contributed by atoms with E-state index in [1.807, 2.05) is 13.2 Å². The summed E-state index contributed by atoms with van der Waals surface area (Å²) in [5, 5.41) is 11.1. The average Bonchev–Trinajstić information content (AvgIpc) is 2.57. The van der Waals surface area contributed by atoms with Gasteiger partial charge in [-0.2, -0.15) is 0 Å². The molecule has 0 unspecified atom stereocenters. The van der Waals surface area contributed by atoms with Crippen molar-refractivity contribution in [3.63, 3.8) is 0 Å². The average molecular weight is 212 g/mol. The van der Waals surface area contributed by atoms with Crippen molar-refractivity contribution >= 4 is 0 Å². The Morgan fingerprint density at radius 3 is 2.93 bits per heavy atom. The van der Waals surface area contributed by atoms with Crippen molar-refractivity contribution in [3.8, 4) is 0 Å². The van der Waals surface area contributed by atoms with E-state index in [9.17, 15) is 0 Å². The lowest BCUT2D eigenvalue weighted by Gasteiger charge is -2.06. The minimum Gasteiger partial charge on any atom is -0.380 e. The highest BCUT2D eigenvalue weighted by molar-refractivity contribution is 4.90. The van der Waals surface area contributed by atoms with Crippen LogP contribution in [0.2, 0.25) is 0 Å². The summed E-state index contributed by atoms with van der Waals surface area (Å²) in [6, 6.07) is 0. The second-order valence-corrected chi connectivity index (χ2v) is 4.03. The molecule has 0 aliphatic heterocycles. The Balaban J connectivity index is 1.98. The van der Waals surface area contributed by atoms with E-state index in [4.69, 9.17) is 4.74 Å². The number of rotatable bonds is 7. The summed E-state index contributed by atoms with van der Waals surface area (Å²) in [6.45, 7) is 7.47. The molecule has 0 aliphatic carbocycles. The van der Waals surface area contributed by atoms with E-state index in [2.05, 4.69) is 29.5 Å². The van der Waals surface area contributed by atoms with Crippen LogP contribution in [0, 0.1) is 5.92 Å². The molecule has 1 aromatic rings. The molecule has 0 aromatic carbocycles. The van der Waals surface area contributed by atoms with Gasteiger partial charge in [-0.05, 0) is 5.92 Å². The minimum absolute atomic E-state index is 0.602. The number of nitrogens with zero attached hydrogens (tertiary/aromatic N) is 3. The molecule has 0 atom stereocenters. The quantitative estimate of drug-likeness (QED) is 0.672. The highest BCUT2D eigenvalue weighted by Crippen LogP contribution is 1.92. The summed E-state index contributed by atoms with van der Waals surface area (Å²) >= 11 is 0. The van der Waals surface area contributed by atoms with E-state index in [0.717, 1.165) is 32.0 Å². The number of aromatic nitrogens is 3. The second-order valence-electron chi connectivity index (χ2n) is 4.03. The molecular formula is C10H20N4O. The summed E-state index contributed by atoms with van der Waals surface area (Å²) < 4.78 is 7.14. The molecule has 1 aromatic heterocycles. The van der Waals surface area contributed by atoms with E-state index in [1.54, 1.807) is 4.68 Å². The van der Waals surface area contributed by atoms with Crippen molar-refractivity contribution in [1.82, 2.24) is 20.3 Å². The summed E-state index contributed by atoms with van der Waals surface area (Å²) in [4.78, 5) is 0. The van der Waals surface area contributed by atoms with Gasteiger partial charge in [0.15, 0.2) is 0 Å². The van der Waals surface area contributed by atoms with E-state index in [0.29, 0.717) is 5.92 Å².